The summed E-state index contributed by atoms with van der Waals surface area (Å²) in [5, 5.41) is 3.54. The van der Waals surface area contributed by atoms with Crippen LogP contribution in [0.5, 0.6) is 0 Å². The number of carbonyl (C=O) groups excluding carboxylic acids is 1. The van der Waals surface area contributed by atoms with Gasteiger partial charge in [0.05, 0.1) is 0 Å². The van der Waals surface area contributed by atoms with Crippen molar-refractivity contribution in [1.29, 1.82) is 0 Å². The van der Waals surface area contributed by atoms with Crippen LogP contribution < -0.4 is 16.8 Å². The zero-order chi connectivity index (χ0) is 14.8. The molecule has 110 valence electrons. The third-order valence-corrected chi connectivity index (χ3v) is 3.14. The van der Waals surface area contributed by atoms with Gasteiger partial charge in [-0.05, 0) is 18.9 Å². The summed E-state index contributed by atoms with van der Waals surface area (Å²) in [6.45, 7) is 2.71. The molecule has 0 bridgehead atoms. The second kappa shape index (κ2) is 9.13. The topological polar surface area (TPSA) is 119 Å². The standard InChI is InChI=1S/C12H20N6OS/c1-2-6-15-11(14)17-10-5-7-16-12(18-10)20-8-3-4-9(13)19/h5,7H,2-4,6,8H2,1H3,(H2,13,19)(H3,14,15,16,17,18). The molecule has 0 radical (unpaired) electrons. The predicted octanol–water partition coefficient (Wildman–Crippen LogP) is 0.971. The van der Waals surface area contributed by atoms with Crippen LogP contribution in [-0.2, 0) is 4.79 Å². The molecule has 0 spiro atoms. The van der Waals surface area contributed by atoms with E-state index in [1.807, 2.05) is 6.92 Å². The van der Waals surface area contributed by atoms with Crippen molar-refractivity contribution in [2.75, 3.05) is 17.6 Å². The van der Waals surface area contributed by atoms with E-state index < -0.39 is 0 Å². The Morgan fingerprint density at radius 2 is 2.30 bits per heavy atom. The second-order valence-corrected chi connectivity index (χ2v) is 5.10. The van der Waals surface area contributed by atoms with Gasteiger partial charge >= 0.3 is 0 Å². The van der Waals surface area contributed by atoms with Crippen molar-refractivity contribution in [2.24, 2.45) is 16.5 Å². The Bertz CT molecular complexity index is 465. The van der Waals surface area contributed by atoms with Crippen molar-refractivity contribution in [1.82, 2.24) is 9.97 Å². The van der Waals surface area contributed by atoms with Crippen molar-refractivity contribution in [3.8, 4) is 0 Å². The van der Waals surface area contributed by atoms with Crippen LogP contribution >= 0.6 is 11.8 Å². The van der Waals surface area contributed by atoms with Gasteiger partial charge in [-0.25, -0.2) is 9.97 Å². The smallest absolute Gasteiger partial charge is 0.217 e. The molecule has 0 aliphatic rings. The molecule has 0 aliphatic heterocycles. The van der Waals surface area contributed by atoms with Crippen molar-refractivity contribution >= 4 is 29.4 Å². The third-order valence-electron chi connectivity index (χ3n) is 2.19. The molecule has 20 heavy (non-hydrogen) atoms. The SMILES string of the molecule is CCCN=C(N)Nc1ccnc(SCCCC(N)=O)n1. The van der Waals surface area contributed by atoms with E-state index in [2.05, 4.69) is 20.3 Å². The number of nitrogens with two attached hydrogens (primary N) is 2. The van der Waals surface area contributed by atoms with E-state index >= 15 is 0 Å². The highest BCUT2D eigenvalue weighted by atomic mass is 32.2. The molecule has 0 saturated carbocycles. The largest absolute Gasteiger partial charge is 0.370 e. The van der Waals surface area contributed by atoms with Gasteiger partial charge in [-0.1, -0.05) is 18.7 Å². The van der Waals surface area contributed by atoms with Gasteiger partial charge in [0.25, 0.3) is 0 Å². The summed E-state index contributed by atoms with van der Waals surface area (Å²) in [4.78, 5) is 23.2. The highest BCUT2D eigenvalue weighted by Crippen LogP contribution is 2.15. The van der Waals surface area contributed by atoms with Crippen LogP contribution in [0, 0.1) is 0 Å². The van der Waals surface area contributed by atoms with Gasteiger partial charge in [0.15, 0.2) is 11.1 Å². The average Bonchev–Trinajstić information content (AvgIpc) is 2.41. The molecule has 1 rings (SSSR count). The van der Waals surface area contributed by atoms with Crippen molar-refractivity contribution in [2.45, 2.75) is 31.3 Å². The lowest BCUT2D eigenvalue weighted by molar-refractivity contribution is -0.118. The first-order chi connectivity index (χ1) is 9.61. The fraction of sp³-hybridized carbons (Fsp3) is 0.500. The zero-order valence-corrected chi connectivity index (χ0v) is 12.3. The summed E-state index contributed by atoms with van der Waals surface area (Å²) in [5.74, 6) is 1.40. The first-order valence-corrected chi connectivity index (χ1v) is 7.41. The van der Waals surface area contributed by atoms with Crippen LogP contribution in [0.2, 0.25) is 0 Å². The van der Waals surface area contributed by atoms with Crippen LogP contribution in [0.1, 0.15) is 26.2 Å². The van der Waals surface area contributed by atoms with Crippen molar-refractivity contribution in [3.63, 3.8) is 0 Å². The number of guanidine groups is 1. The number of amides is 1. The minimum Gasteiger partial charge on any atom is -0.370 e. The number of primary amides is 1. The van der Waals surface area contributed by atoms with Crippen LogP contribution in [0.25, 0.3) is 0 Å². The molecule has 1 amide bonds. The van der Waals surface area contributed by atoms with Crippen LogP contribution in [0.15, 0.2) is 22.4 Å². The first kappa shape index (κ1) is 16.2. The van der Waals surface area contributed by atoms with Crippen molar-refractivity contribution < 1.29 is 4.79 Å². The number of thioether (sulfide) groups is 1. The maximum absolute atomic E-state index is 10.6. The molecule has 0 saturated heterocycles. The Balaban J connectivity index is 2.46. The predicted molar refractivity (Wildman–Crippen MR) is 81.6 cm³/mol. The Labute approximate surface area is 122 Å². The number of hydrogen-bond donors (Lipinski definition) is 3. The van der Waals surface area contributed by atoms with E-state index in [1.165, 1.54) is 11.8 Å². The lowest BCUT2D eigenvalue weighted by Gasteiger charge is -2.05. The Morgan fingerprint density at radius 1 is 1.50 bits per heavy atom. The number of rotatable bonds is 8. The van der Waals surface area contributed by atoms with Crippen LogP contribution in [0.3, 0.4) is 0 Å². The molecule has 1 aromatic rings. The molecule has 7 nitrogen and oxygen atoms in total. The van der Waals surface area contributed by atoms with Gasteiger partial charge in [-0.2, -0.15) is 0 Å². The van der Waals surface area contributed by atoms with Crippen LogP contribution in [0.4, 0.5) is 5.82 Å². The number of aliphatic imine (C=N–C) groups is 1. The van der Waals surface area contributed by atoms with E-state index in [1.54, 1.807) is 12.3 Å². The molecular formula is C12H20N6OS. The normalized spacial score (nSPS) is 11.3. The number of hydrogen-bond acceptors (Lipinski definition) is 5. The highest BCUT2D eigenvalue weighted by Gasteiger charge is 2.02. The molecule has 0 unspecified atom stereocenters. The van der Waals surface area contributed by atoms with Gasteiger partial charge in [-0.15, -0.1) is 0 Å². The minimum absolute atomic E-state index is 0.290. The molecule has 1 heterocycles. The van der Waals surface area contributed by atoms with E-state index in [-0.39, 0.29) is 5.91 Å². The average molecular weight is 296 g/mol. The summed E-state index contributed by atoms with van der Waals surface area (Å²) >= 11 is 1.47. The minimum atomic E-state index is -0.290. The molecular weight excluding hydrogens is 276 g/mol. The Morgan fingerprint density at radius 3 is 3.00 bits per heavy atom. The Kier molecular flexibility index (Phi) is 7.41. The summed E-state index contributed by atoms with van der Waals surface area (Å²) in [6, 6.07) is 1.72. The number of aromatic nitrogens is 2. The van der Waals surface area contributed by atoms with Crippen molar-refractivity contribution in [3.05, 3.63) is 12.3 Å². The van der Waals surface area contributed by atoms with Gasteiger partial charge in [0.1, 0.15) is 5.82 Å². The fourth-order valence-corrected chi connectivity index (χ4v) is 2.06. The van der Waals surface area contributed by atoms with Gasteiger partial charge in [0.2, 0.25) is 5.91 Å². The monoisotopic (exact) mass is 296 g/mol. The zero-order valence-electron chi connectivity index (χ0n) is 11.5. The number of nitrogens with zero attached hydrogens (tertiary/aromatic N) is 3. The number of nitrogens with one attached hydrogen (secondary N) is 1. The summed E-state index contributed by atoms with van der Waals surface area (Å²) in [7, 11) is 0. The lowest BCUT2D eigenvalue weighted by atomic mass is 10.3. The maximum Gasteiger partial charge on any atom is 0.217 e. The molecule has 0 aromatic carbocycles. The first-order valence-electron chi connectivity index (χ1n) is 6.43. The number of anilines is 1. The third kappa shape index (κ3) is 6.93. The molecule has 0 aliphatic carbocycles. The molecule has 0 atom stereocenters. The maximum atomic E-state index is 10.6. The molecule has 1 aromatic heterocycles. The van der Waals surface area contributed by atoms with E-state index in [4.69, 9.17) is 11.5 Å². The van der Waals surface area contributed by atoms with Gasteiger partial charge < -0.3 is 16.8 Å². The molecule has 8 heteroatoms. The van der Waals surface area contributed by atoms with E-state index in [0.29, 0.717) is 36.3 Å². The van der Waals surface area contributed by atoms with Crippen LogP contribution in [-0.4, -0.2) is 34.1 Å². The number of carbonyl (C=O) groups is 1. The van der Waals surface area contributed by atoms with E-state index in [9.17, 15) is 4.79 Å². The van der Waals surface area contributed by atoms with E-state index in [0.717, 1.165) is 12.2 Å². The Hall–Kier alpha value is -1.83. The lowest BCUT2D eigenvalue weighted by Crippen LogP contribution is -2.23. The highest BCUT2D eigenvalue weighted by molar-refractivity contribution is 7.99. The summed E-state index contributed by atoms with van der Waals surface area (Å²) < 4.78 is 0. The summed E-state index contributed by atoms with van der Waals surface area (Å²) in [6.07, 6.45) is 3.68. The summed E-state index contributed by atoms with van der Waals surface area (Å²) in [5.41, 5.74) is 10.8. The molecule has 0 fully saturated rings. The van der Waals surface area contributed by atoms with Gasteiger partial charge in [0, 0.05) is 24.9 Å². The second-order valence-electron chi connectivity index (χ2n) is 4.03. The molecule has 5 N–H and O–H groups in total. The quantitative estimate of drug-likeness (QED) is 0.216. The fourth-order valence-electron chi connectivity index (χ4n) is 1.29. The van der Waals surface area contributed by atoms with Gasteiger partial charge in [-0.3, -0.25) is 9.79 Å².